The molecule has 2 saturated carbocycles. The van der Waals surface area contributed by atoms with Crippen LogP contribution in [0.15, 0.2) is 35.1 Å². The first kappa shape index (κ1) is 26.3. The van der Waals surface area contributed by atoms with Gasteiger partial charge in [0.1, 0.15) is 18.2 Å². The Kier molecular flexibility index (Phi) is 8.04. The highest BCUT2D eigenvalue weighted by Crippen LogP contribution is 2.34. The van der Waals surface area contributed by atoms with E-state index in [9.17, 15) is 24.3 Å². The maximum atomic E-state index is 13.8. The van der Waals surface area contributed by atoms with Gasteiger partial charge in [0.25, 0.3) is 5.56 Å². The lowest BCUT2D eigenvalue weighted by Crippen LogP contribution is -2.56. The number of aromatic nitrogens is 1. The van der Waals surface area contributed by atoms with E-state index in [1.807, 2.05) is 12.2 Å². The van der Waals surface area contributed by atoms with E-state index in [0.29, 0.717) is 12.4 Å². The van der Waals surface area contributed by atoms with Gasteiger partial charge in [-0.05, 0) is 62.8 Å². The van der Waals surface area contributed by atoms with Crippen molar-refractivity contribution in [3.05, 3.63) is 40.7 Å². The van der Waals surface area contributed by atoms with Crippen LogP contribution in [0.4, 0.5) is 4.79 Å². The average Bonchev–Trinajstić information content (AvgIpc) is 3.65. The van der Waals surface area contributed by atoms with Crippen molar-refractivity contribution < 1.29 is 29.0 Å². The topological polar surface area (TPSA) is 130 Å². The third-order valence-corrected chi connectivity index (χ3v) is 8.53. The van der Waals surface area contributed by atoms with Gasteiger partial charge in [0.05, 0.1) is 18.6 Å². The second kappa shape index (κ2) is 11.6. The zero-order valence-corrected chi connectivity index (χ0v) is 21.6. The van der Waals surface area contributed by atoms with Gasteiger partial charge in [0.2, 0.25) is 5.91 Å². The molecule has 5 unspecified atom stereocenters. The molecule has 2 amide bonds. The first-order valence-electron chi connectivity index (χ1n) is 13.9. The Morgan fingerprint density at radius 2 is 1.74 bits per heavy atom. The molecule has 38 heavy (non-hydrogen) atoms. The van der Waals surface area contributed by atoms with Gasteiger partial charge in [-0.2, -0.15) is 0 Å². The number of carbonyl (C=O) groups is 3. The second-order valence-electron chi connectivity index (χ2n) is 11.0. The van der Waals surface area contributed by atoms with Gasteiger partial charge in [-0.25, -0.2) is 4.79 Å². The predicted molar refractivity (Wildman–Crippen MR) is 135 cm³/mol. The zero-order valence-electron chi connectivity index (χ0n) is 21.6. The van der Waals surface area contributed by atoms with Gasteiger partial charge < -0.3 is 29.6 Å². The summed E-state index contributed by atoms with van der Waals surface area (Å²) in [6.45, 7) is 0.325. The van der Waals surface area contributed by atoms with Crippen LogP contribution in [0.5, 0.6) is 5.88 Å². The van der Waals surface area contributed by atoms with E-state index in [2.05, 4.69) is 5.32 Å². The van der Waals surface area contributed by atoms with Crippen molar-refractivity contribution in [2.24, 2.45) is 11.8 Å². The lowest BCUT2D eigenvalue weighted by atomic mass is 9.96. The maximum Gasteiger partial charge on any atom is 0.408 e. The molecule has 1 aromatic rings. The summed E-state index contributed by atoms with van der Waals surface area (Å²) in [4.78, 5) is 52.8. The van der Waals surface area contributed by atoms with Crippen LogP contribution in [0.3, 0.4) is 0 Å². The van der Waals surface area contributed by atoms with Crippen molar-refractivity contribution in [3.8, 4) is 5.88 Å². The van der Waals surface area contributed by atoms with E-state index < -0.39 is 36.2 Å². The number of hydrogen-bond acceptors (Lipinski definition) is 7. The van der Waals surface area contributed by atoms with Gasteiger partial charge in [0, 0.05) is 19.0 Å². The van der Waals surface area contributed by atoms with Crippen molar-refractivity contribution in [1.29, 1.82) is 0 Å². The van der Waals surface area contributed by atoms with E-state index in [1.165, 1.54) is 15.5 Å². The molecule has 10 nitrogen and oxygen atoms in total. The normalized spacial score (nSPS) is 30.9. The molecule has 0 radical (unpaired) electrons. The van der Waals surface area contributed by atoms with E-state index in [1.54, 1.807) is 12.1 Å². The second-order valence-corrected chi connectivity index (χ2v) is 11.0. The molecular weight excluding hydrogens is 490 g/mol. The number of allylic oxidation sites excluding steroid dienone is 2. The lowest BCUT2D eigenvalue weighted by molar-refractivity contribution is -0.310. The van der Waals surface area contributed by atoms with E-state index in [0.717, 1.165) is 57.8 Å². The number of pyridine rings is 1. The van der Waals surface area contributed by atoms with E-state index in [4.69, 9.17) is 9.47 Å². The highest BCUT2D eigenvalue weighted by atomic mass is 16.6. The number of aliphatic carboxylic acids is 1. The van der Waals surface area contributed by atoms with Crippen molar-refractivity contribution in [2.75, 3.05) is 6.54 Å². The lowest BCUT2D eigenvalue weighted by Gasteiger charge is -2.32. The van der Waals surface area contributed by atoms with Crippen molar-refractivity contribution >= 4 is 18.0 Å². The Labute approximate surface area is 222 Å². The largest absolute Gasteiger partial charge is 0.548 e. The number of nitrogens with zero attached hydrogens (tertiary/aromatic N) is 2. The standard InChI is InChI=1S/C28H37N3O7/c32-23-13-7-14-24-30(23)15-5-1-2-8-18-11-6-12-22(18)38-28(36)29-25(19-9-3-4-10-19)26(33)31-17-20(37-24)16-21(31)27(34)35/h1,5,7,13-14,18-22,25H,2-4,6,8-12,15-17H2,(H,29,36)(H,34,35)/p-1. The van der Waals surface area contributed by atoms with Crippen LogP contribution in [-0.4, -0.2) is 58.3 Å². The Balaban J connectivity index is 1.46. The molecule has 2 bridgehead atoms. The smallest absolute Gasteiger partial charge is 0.408 e. The monoisotopic (exact) mass is 526 g/mol. The third-order valence-electron chi connectivity index (χ3n) is 8.53. The third kappa shape index (κ3) is 5.73. The molecule has 2 aliphatic carbocycles. The van der Waals surface area contributed by atoms with Crippen molar-refractivity contribution in [3.63, 3.8) is 0 Å². The van der Waals surface area contributed by atoms with E-state index >= 15 is 0 Å². The Bertz CT molecular complexity index is 1130. The minimum absolute atomic E-state index is 0.0149. The molecule has 3 fully saturated rings. The number of rotatable bonds is 2. The first-order valence-corrected chi connectivity index (χ1v) is 13.9. The fourth-order valence-corrected chi connectivity index (χ4v) is 6.55. The van der Waals surface area contributed by atoms with Crippen LogP contribution in [0.25, 0.3) is 0 Å². The molecule has 4 aliphatic rings. The molecule has 1 saturated heterocycles. The summed E-state index contributed by atoms with van der Waals surface area (Å²) in [6.07, 6.45) is 10.3. The Morgan fingerprint density at radius 1 is 0.947 bits per heavy atom. The molecule has 5 atom stereocenters. The Hall–Kier alpha value is -3.30. The predicted octanol–water partition coefficient (Wildman–Crippen LogP) is 1.75. The van der Waals surface area contributed by atoms with Crippen LogP contribution < -0.4 is 20.7 Å². The summed E-state index contributed by atoms with van der Waals surface area (Å²) in [6, 6.07) is 2.66. The Morgan fingerprint density at radius 3 is 2.53 bits per heavy atom. The summed E-state index contributed by atoms with van der Waals surface area (Å²) in [7, 11) is 0. The van der Waals surface area contributed by atoms with Gasteiger partial charge in [-0.1, -0.05) is 31.1 Å². The summed E-state index contributed by atoms with van der Waals surface area (Å²) < 4.78 is 13.4. The highest BCUT2D eigenvalue weighted by Gasteiger charge is 2.43. The summed E-state index contributed by atoms with van der Waals surface area (Å²) in [5, 5.41) is 14.9. The minimum atomic E-state index is -1.37. The molecular formula is C28H36N3O7-. The van der Waals surface area contributed by atoms with Gasteiger partial charge in [-0.15, -0.1) is 0 Å². The number of alkyl carbamates (subject to hydrolysis) is 1. The summed E-state index contributed by atoms with van der Waals surface area (Å²) in [5.41, 5.74) is -0.225. The minimum Gasteiger partial charge on any atom is -0.548 e. The molecule has 2 aliphatic heterocycles. The fraction of sp³-hybridized carbons (Fsp3) is 0.643. The molecule has 3 heterocycles. The zero-order chi connectivity index (χ0) is 26.6. The number of amides is 2. The van der Waals surface area contributed by atoms with Crippen molar-refractivity contribution in [2.45, 2.75) is 95.0 Å². The molecule has 5 rings (SSSR count). The van der Waals surface area contributed by atoms with E-state index in [-0.39, 0.29) is 36.5 Å². The van der Waals surface area contributed by atoms with Crippen molar-refractivity contribution in [1.82, 2.24) is 14.8 Å². The number of ether oxygens (including phenoxy) is 2. The average molecular weight is 527 g/mol. The van der Waals surface area contributed by atoms with Gasteiger partial charge in [0.15, 0.2) is 5.88 Å². The van der Waals surface area contributed by atoms with Crippen LogP contribution in [0, 0.1) is 11.8 Å². The highest BCUT2D eigenvalue weighted by molar-refractivity contribution is 5.89. The number of carbonyl (C=O) groups excluding carboxylic acids is 3. The number of carboxylic acid groups (broad SMARTS) is 1. The van der Waals surface area contributed by atoms with Crippen LogP contribution in [-0.2, 0) is 20.9 Å². The molecule has 206 valence electrons. The molecule has 1 aromatic heterocycles. The number of nitrogens with one attached hydrogen (secondary N) is 1. The first-order chi connectivity index (χ1) is 18.4. The van der Waals surface area contributed by atoms with Gasteiger partial charge in [-0.3, -0.25) is 14.2 Å². The maximum absolute atomic E-state index is 13.8. The fourth-order valence-electron chi connectivity index (χ4n) is 6.55. The van der Waals surface area contributed by atoms with Crippen LogP contribution in [0.2, 0.25) is 0 Å². The molecule has 10 heteroatoms. The molecule has 1 N–H and O–H groups in total. The number of fused-ring (bicyclic) bond motifs is 4. The summed E-state index contributed by atoms with van der Waals surface area (Å²) >= 11 is 0. The molecule has 0 spiro atoms. The number of hydrogen-bond donors (Lipinski definition) is 1. The SMILES string of the molecule is O=C1NC(C2CCCC2)C(=O)N2CC(CC2C(=O)[O-])Oc2cccc(=O)n2CC=CCCC2CCCC2O1. The summed E-state index contributed by atoms with van der Waals surface area (Å²) in [5.74, 6) is -1.36. The quantitative estimate of drug-likeness (QED) is 0.581. The van der Waals surface area contributed by atoms with Crippen LogP contribution >= 0.6 is 0 Å². The molecule has 0 aromatic carbocycles. The van der Waals surface area contributed by atoms with Gasteiger partial charge >= 0.3 is 6.09 Å². The van der Waals surface area contributed by atoms with Crippen LogP contribution in [0.1, 0.15) is 64.2 Å². The number of carboxylic acids is 1.